The van der Waals surface area contributed by atoms with E-state index in [-0.39, 0.29) is 10.3 Å². The minimum absolute atomic E-state index is 0.326. The molecule has 0 spiro atoms. The van der Waals surface area contributed by atoms with Gasteiger partial charge in [-0.1, -0.05) is 38.6 Å². The molecule has 0 saturated heterocycles. The maximum absolute atomic E-state index is 12.7. The number of thiophene rings is 2. The lowest BCUT2D eigenvalue weighted by Crippen LogP contribution is -2.00. The molecule has 0 saturated carbocycles. The number of carbonyl (C=O) groups is 2. The molecule has 2 heterocycles. The van der Waals surface area contributed by atoms with Gasteiger partial charge in [0.25, 0.3) is 0 Å². The number of carbonyl (C=O) groups excluding carboxylic acids is 2. The zero-order chi connectivity index (χ0) is 17.6. The Bertz CT molecular complexity index is 697. The van der Waals surface area contributed by atoms with E-state index in [0.29, 0.717) is 26.2 Å². The fraction of sp³-hybridized carbons (Fsp3) is 0.286. The van der Waals surface area contributed by atoms with E-state index in [4.69, 9.17) is 0 Å². The van der Waals surface area contributed by atoms with Gasteiger partial charge in [-0.3, -0.25) is 0 Å². The van der Waals surface area contributed by atoms with Gasteiger partial charge >= 0.3 is 11.9 Å². The third-order valence-corrected chi connectivity index (χ3v) is 5.11. The Hall–Kier alpha value is -1.32. The maximum Gasteiger partial charge on any atom is 0.348 e. The minimum Gasteiger partial charge on any atom is -0.465 e. The number of esters is 2. The largest absolute Gasteiger partial charge is 0.465 e. The molecule has 0 amide bonds. The van der Waals surface area contributed by atoms with Crippen LogP contribution in [0.1, 0.15) is 30.5 Å². The highest BCUT2D eigenvalue weighted by Gasteiger charge is 2.15. The molecule has 0 fully saturated rings. The summed E-state index contributed by atoms with van der Waals surface area (Å²) in [5.74, 6) is -0.963. The highest BCUT2D eigenvalue weighted by Crippen LogP contribution is 2.23. The summed E-state index contributed by atoms with van der Waals surface area (Å²) in [6.45, 7) is 1.67. The predicted octanol–water partition coefficient (Wildman–Crippen LogP) is 4.55. The van der Waals surface area contributed by atoms with E-state index in [2.05, 4.69) is 25.4 Å². The summed E-state index contributed by atoms with van der Waals surface area (Å²) in [6.07, 6.45) is 0. The Morgan fingerprint density at radius 2 is 1.52 bits per heavy atom. The molecule has 0 atom stereocenters. The number of ether oxygens (including phenoxy) is 2. The van der Waals surface area contributed by atoms with Gasteiger partial charge in [-0.15, -0.1) is 0 Å². The fourth-order valence-corrected chi connectivity index (χ4v) is 3.77. The SMILES string of the molecule is COC(=O)c1sc(F)cc1C.COC(=O)c1sc(F)cc1CBr. The van der Waals surface area contributed by atoms with Crippen LogP contribution in [0.4, 0.5) is 8.78 Å². The van der Waals surface area contributed by atoms with Crippen LogP contribution in [0.3, 0.4) is 0 Å². The second kappa shape index (κ2) is 9.09. The molecule has 0 aromatic carbocycles. The summed E-state index contributed by atoms with van der Waals surface area (Å²) in [7, 11) is 2.55. The Kier molecular flexibility index (Phi) is 7.80. The average molecular weight is 427 g/mol. The van der Waals surface area contributed by atoms with E-state index < -0.39 is 11.9 Å². The molecule has 2 aromatic heterocycles. The third-order valence-electron chi connectivity index (χ3n) is 2.55. The molecule has 0 unspecified atom stereocenters. The van der Waals surface area contributed by atoms with Crippen LogP contribution in [0.5, 0.6) is 0 Å². The van der Waals surface area contributed by atoms with Gasteiger partial charge in [0.15, 0.2) is 10.3 Å². The van der Waals surface area contributed by atoms with Crippen molar-refractivity contribution in [3.63, 3.8) is 0 Å². The van der Waals surface area contributed by atoms with Crippen LogP contribution in [0, 0.1) is 17.2 Å². The molecule has 9 heteroatoms. The standard InChI is InChI=1S/C7H6BrFO2S.C7H7FO2S/c1-11-7(10)6-4(3-8)2-5(9)12-6;1-4-3-5(8)11-6(4)7(9)10-2/h2H,3H2,1H3;3H,1-2H3. The van der Waals surface area contributed by atoms with Crippen molar-refractivity contribution in [1.29, 1.82) is 0 Å². The number of halogens is 3. The molecule has 0 aliphatic carbocycles. The van der Waals surface area contributed by atoms with Gasteiger partial charge in [0.2, 0.25) is 0 Å². The van der Waals surface area contributed by atoms with Crippen molar-refractivity contribution in [2.45, 2.75) is 12.3 Å². The summed E-state index contributed by atoms with van der Waals surface area (Å²) in [5, 5.41) is -0.273. The molecule has 2 aromatic rings. The van der Waals surface area contributed by atoms with Gasteiger partial charge < -0.3 is 9.47 Å². The molecule has 0 bridgehead atoms. The van der Waals surface area contributed by atoms with Crippen LogP contribution in [0.15, 0.2) is 12.1 Å². The molecular formula is C14H13BrF2O4S2. The highest BCUT2D eigenvalue weighted by molar-refractivity contribution is 9.08. The van der Waals surface area contributed by atoms with Gasteiger partial charge in [0, 0.05) is 5.33 Å². The van der Waals surface area contributed by atoms with Gasteiger partial charge in [0.05, 0.1) is 14.2 Å². The normalized spacial score (nSPS) is 9.83. The number of hydrogen-bond donors (Lipinski definition) is 0. The zero-order valence-corrected chi connectivity index (χ0v) is 15.7. The molecule has 0 aliphatic heterocycles. The van der Waals surface area contributed by atoms with Crippen LogP contribution in [-0.2, 0) is 14.8 Å². The monoisotopic (exact) mass is 426 g/mol. The summed E-state index contributed by atoms with van der Waals surface area (Å²) in [4.78, 5) is 22.5. The quantitative estimate of drug-likeness (QED) is 0.533. The van der Waals surface area contributed by atoms with Crippen LogP contribution >= 0.6 is 38.6 Å². The first-order chi connectivity index (χ1) is 10.8. The topological polar surface area (TPSA) is 52.6 Å². The smallest absolute Gasteiger partial charge is 0.348 e. The van der Waals surface area contributed by atoms with E-state index in [1.54, 1.807) is 6.92 Å². The van der Waals surface area contributed by atoms with Gasteiger partial charge in [-0.25, -0.2) is 9.59 Å². The Labute approximate surface area is 148 Å². The average Bonchev–Trinajstić information content (AvgIpc) is 3.08. The summed E-state index contributed by atoms with van der Waals surface area (Å²) in [5.41, 5.74) is 1.25. The highest BCUT2D eigenvalue weighted by atomic mass is 79.9. The molecule has 0 N–H and O–H groups in total. The van der Waals surface area contributed by atoms with Crippen molar-refractivity contribution in [3.8, 4) is 0 Å². The lowest BCUT2D eigenvalue weighted by molar-refractivity contribution is 0.0596. The first-order valence-electron chi connectivity index (χ1n) is 6.10. The van der Waals surface area contributed by atoms with Gasteiger partial charge in [0.1, 0.15) is 9.75 Å². The van der Waals surface area contributed by atoms with Crippen molar-refractivity contribution in [2.75, 3.05) is 14.2 Å². The lowest BCUT2D eigenvalue weighted by atomic mass is 10.3. The molecule has 126 valence electrons. The first-order valence-corrected chi connectivity index (χ1v) is 8.86. The molecular weight excluding hydrogens is 414 g/mol. The van der Waals surface area contributed by atoms with Crippen LogP contribution in [-0.4, -0.2) is 26.2 Å². The van der Waals surface area contributed by atoms with E-state index >= 15 is 0 Å². The predicted molar refractivity (Wildman–Crippen MR) is 88.6 cm³/mol. The molecule has 2 rings (SSSR count). The second-order valence-electron chi connectivity index (χ2n) is 4.08. The maximum atomic E-state index is 12.7. The number of aryl methyl sites for hydroxylation is 1. The second-order valence-corrected chi connectivity index (χ2v) is 6.65. The number of rotatable bonds is 3. The van der Waals surface area contributed by atoms with E-state index in [1.165, 1.54) is 26.4 Å². The van der Waals surface area contributed by atoms with Crippen molar-refractivity contribution in [1.82, 2.24) is 0 Å². The van der Waals surface area contributed by atoms with Crippen molar-refractivity contribution >= 4 is 50.5 Å². The fourth-order valence-electron chi connectivity index (χ4n) is 1.50. The lowest BCUT2D eigenvalue weighted by Gasteiger charge is -1.96. The Morgan fingerprint density at radius 3 is 1.96 bits per heavy atom. The van der Waals surface area contributed by atoms with E-state index in [1.807, 2.05) is 0 Å². The molecule has 4 nitrogen and oxygen atoms in total. The van der Waals surface area contributed by atoms with Crippen molar-refractivity contribution in [2.24, 2.45) is 0 Å². The van der Waals surface area contributed by atoms with Crippen molar-refractivity contribution < 1.29 is 27.8 Å². The summed E-state index contributed by atoms with van der Waals surface area (Å²) >= 11 is 4.76. The van der Waals surface area contributed by atoms with Crippen molar-refractivity contribution in [3.05, 3.63) is 43.3 Å². The van der Waals surface area contributed by atoms with Crippen LogP contribution in [0.25, 0.3) is 0 Å². The third kappa shape index (κ3) is 5.36. The number of methoxy groups -OCH3 is 2. The van der Waals surface area contributed by atoms with Crippen LogP contribution < -0.4 is 0 Å². The summed E-state index contributed by atoms with van der Waals surface area (Å²) in [6, 6.07) is 2.64. The van der Waals surface area contributed by atoms with Gasteiger partial charge in [-0.2, -0.15) is 8.78 Å². The van der Waals surface area contributed by atoms with E-state index in [9.17, 15) is 18.4 Å². The summed E-state index contributed by atoms with van der Waals surface area (Å²) < 4.78 is 34.1. The minimum atomic E-state index is -0.488. The Morgan fingerprint density at radius 1 is 1.04 bits per heavy atom. The van der Waals surface area contributed by atoms with Gasteiger partial charge in [-0.05, 0) is 30.2 Å². The molecule has 23 heavy (non-hydrogen) atoms. The Balaban J connectivity index is 0.000000231. The molecule has 0 radical (unpaired) electrons. The number of hydrogen-bond acceptors (Lipinski definition) is 6. The molecule has 0 aliphatic rings. The van der Waals surface area contributed by atoms with E-state index in [0.717, 1.165) is 22.7 Å². The first kappa shape index (κ1) is 19.7. The number of alkyl halides is 1. The zero-order valence-electron chi connectivity index (χ0n) is 12.4. The van der Waals surface area contributed by atoms with Crippen LogP contribution in [0.2, 0.25) is 0 Å².